The van der Waals surface area contributed by atoms with Crippen molar-refractivity contribution in [1.29, 1.82) is 0 Å². The van der Waals surface area contributed by atoms with Crippen molar-refractivity contribution in [2.75, 3.05) is 10.7 Å². The van der Waals surface area contributed by atoms with E-state index in [2.05, 4.69) is 36.6 Å². The molecule has 0 bridgehead atoms. The van der Waals surface area contributed by atoms with Gasteiger partial charge in [-0.25, -0.2) is 10.8 Å². The second kappa shape index (κ2) is 6.46. The van der Waals surface area contributed by atoms with Gasteiger partial charge in [0.15, 0.2) is 0 Å². The van der Waals surface area contributed by atoms with Crippen LogP contribution in [0.25, 0.3) is 0 Å². The summed E-state index contributed by atoms with van der Waals surface area (Å²) in [5.74, 6) is 5.41. The molecule has 0 aliphatic rings. The molecule has 0 aliphatic carbocycles. The third-order valence-corrected chi connectivity index (χ3v) is 3.29. The van der Waals surface area contributed by atoms with Gasteiger partial charge in [0.05, 0.1) is 4.92 Å². The van der Waals surface area contributed by atoms with Gasteiger partial charge in [0.2, 0.25) is 11.8 Å². The molecule has 0 amide bonds. The molecule has 9 heteroatoms. The molecule has 0 saturated carbocycles. The summed E-state index contributed by atoms with van der Waals surface area (Å²) in [7, 11) is 0. The van der Waals surface area contributed by atoms with Crippen LogP contribution < -0.4 is 16.6 Å². The maximum Gasteiger partial charge on any atom is 0.329 e. The third-order valence-electron chi connectivity index (χ3n) is 2.80. The average Bonchev–Trinajstić information content (AvgIpc) is 2.48. The zero-order valence-electron chi connectivity index (χ0n) is 11.1. The number of nitrogens with one attached hydrogen (secondary N) is 2. The largest absolute Gasteiger partial charge is 0.334 e. The molecule has 0 unspecified atom stereocenters. The Balaban J connectivity index is 2.45. The Labute approximate surface area is 129 Å². The number of hydrogen-bond acceptors (Lipinski definition) is 7. The van der Waals surface area contributed by atoms with E-state index in [1.807, 2.05) is 25.1 Å². The van der Waals surface area contributed by atoms with E-state index in [-0.39, 0.29) is 17.5 Å². The fourth-order valence-corrected chi connectivity index (χ4v) is 2.18. The molecule has 1 aromatic heterocycles. The molecule has 8 nitrogen and oxygen atoms in total. The van der Waals surface area contributed by atoms with Crippen LogP contribution in [0.5, 0.6) is 0 Å². The van der Waals surface area contributed by atoms with Crippen LogP contribution in [0, 0.1) is 10.1 Å². The van der Waals surface area contributed by atoms with Gasteiger partial charge in [-0.3, -0.25) is 15.5 Å². The number of aromatic nitrogens is 2. The van der Waals surface area contributed by atoms with Gasteiger partial charge in [-0.05, 0) is 30.2 Å². The molecule has 0 spiro atoms. The van der Waals surface area contributed by atoms with E-state index in [1.54, 1.807) is 0 Å². The number of benzene rings is 1. The van der Waals surface area contributed by atoms with Gasteiger partial charge in [-0.2, -0.15) is 4.98 Å². The monoisotopic (exact) mass is 352 g/mol. The summed E-state index contributed by atoms with van der Waals surface area (Å²) in [5, 5.41) is 14.0. The summed E-state index contributed by atoms with van der Waals surface area (Å²) in [4.78, 5) is 18.2. The SMILES string of the molecule is CCc1cc(Br)ccc1Nc1nc(NN)ncc1[N+](=O)[O-]. The molecule has 21 heavy (non-hydrogen) atoms. The lowest BCUT2D eigenvalue weighted by molar-refractivity contribution is -0.384. The molecule has 1 heterocycles. The minimum atomic E-state index is -0.549. The van der Waals surface area contributed by atoms with Crippen molar-refractivity contribution in [2.45, 2.75) is 13.3 Å². The molecule has 0 saturated heterocycles. The van der Waals surface area contributed by atoms with Crippen LogP contribution in [0.3, 0.4) is 0 Å². The second-order valence-electron chi connectivity index (χ2n) is 4.11. The van der Waals surface area contributed by atoms with Gasteiger partial charge in [-0.1, -0.05) is 22.9 Å². The van der Waals surface area contributed by atoms with Gasteiger partial charge >= 0.3 is 5.69 Å². The Morgan fingerprint density at radius 2 is 2.24 bits per heavy atom. The van der Waals surface area contributed by atoms with Crippen molar-refractivity contribution in [3.63, 3.8) is 0 Å². The molecule has 0 aliphatic heterocycles. The van der Waals surface area contributed by atoms with Crippen LogP contribution in [-0.4, -0.2) is 14.9 Å². The van der Waals surface area contributed by atoms with Crippen molar-refractivity contribution >= 4 is 39.1 Å². The van der Waals surface area contributed by atoms with Gasteiger partial charge in [0, 0.05) is 10.2 Å². The molecular formula is C12H13BrN6O2. The summed E-state index contributed by atoms with van der Waals surface area (Å²) >= 11 is 3.39. The van der Waals surface area contributed by atoms with E-state index in [0.717, 1.165) is 28.3 Å². The standard InChI is InChI=1S/C12H13BrN6O2/c1-2-7-5-8(13)3-4-9(7)16-11-10(19(20)21)6-15-12(17-11)18-14/h3-6H,2,14H2,1H3,(H2,15,16,17,18). The number of anilines is 3. The summed E-state index contributed by atoms with van der Waals surface area (Å²) in [5.41, 5.74) is 3.78. The number of halogens is 1. The summed E-state index contributed by atoms with van der Waals surface area (Å²) in [6.45, 7) is 1.99. The van der Waals surface area contributed by atoms with Crippen LogP contribution in [-0.2, 0) is 6.42 Å². The fraction of sp³-hybridized carbons (Fsp3) is 0.167. The van der Waals surface area contributed by atoms with Crippen molar-refractivity contribution in [1.82, 2.24) is 9.97 Å². The third kappa shape index (κ3) is 3.44. The number of hydrogen-bond donors (Lipinski definition) is 3. The predicted molar refractivity (Wildman–Crippen MR) is 83.3 cm³/mol. The predicted octanol–water partition coefficient (Wildman–Crippen LogP) is 2.74. The first-order chi connectivity index (χ1) is 10.0. The van der Waals surface area contributed by atoms with Crippen molar-refractivity contribution in [2.24, 2.45) is 5.84 Å². The van der Waals surface area contributed by atoms with Gasteiger partial charge in [-0.15, -0.1) is 0 Å². The van der Waals surface area contributed by atoms with Crippen molar-refractivity contribution < 1.29 is 4.92 Å². The van der Waals surface area contributed by atoms with Crippen LogP contribution in [0.4, 0.5) is 23.1 Å². The molecule has 4 N–H and O–H groups in total. The molecule has 0 fully saturated rings. The highest BCUT2D eigenvalue weighted by atomic mass is 79.9. The maximum atomic E-state index is 11.0. The minimum Gasteiger partial charge on any atom is -0.334 e. The molecule has 0 radical (unpaired) electrons. The summed E-state index contributed by atoms with van der Waals surface area (Å²) in [6.07, 6.45) is 1.87. The Hall–Kier alpha value is -2.26. The normalized spacial score (nSPS) is 10.2. The minimum absolute atomic E-state index is 0.0833. The van der Waals surface area contributed by atoms with Crippen molar-refractivity contribution in [3.8, 4) is 0 Å². The first kappa shape index (κ1) is 15.1. The van der Waals surface area contributed by atoms with Gasteiger partial charge in [0.25, 0.3) is 0 Å². The van der Waals surface area contributed by atoms with E-state index in [0.29, 0.717) is 0 Å². The highest BCUT2D eigenvalue weighted by Gasteiger charge is 2.18. The Morgan fingerprint density at radius 3 is 2.86 bits per heavy atom. The molecule has 1 aromatic carbocycles. The van der Waals surface area contributed by atoms with E-state index in [9.17, 15) is 10.1 Å². The fourth-order valence-electron chi connectivity index (χ4n) is 1.77. The number of aryl methyl sites for hydroxylation is 1. The summed E-state index contributed by atoms with van der Waals surface area (Å²) < 4.78 is 0.936. The average molecular weight is 353 g/mol. The highest BCUT2D eigenvalue weighted by Crippen LogP contribution is 2.29. The zero-order valence-corrected chi connectivity index (χ0v) is 12.7. The van der Waals surface area contributed by atoms with E-state index < -0.39 is 4.92 Å². The molecule has 0 atom stereocenters. The van der Waals surface area contributed by atoms with E-state index in [1.165, 1.54) is 0 Å². The van der Waals surface area contributed by atoms with Crippen LogP contribution >= 0.6 is 15.9 Å². The smallest absolute Gasteiger partial charge is 0.329 e. The number of nitrogens with zero attached hydrogens (tertiary/aromatic N) is 3. The lowest BCUT2D eigenvalue weighted by atomic mass is 10.1. The number of nitrogens with two attached hydrogens (primary N) is 1. The van der Waals surface area contributed by atoms with Gasteiger partial charge in [0.1, 0.15) is 6.20 Å². The summed E-state index contributed by atoms with van der Waals surface area (Å²) in [6, 6.07) is 5.61. The Morgan fingerprint density at radius 1 is 1.48 bits per heavy atom. The van der Waals surface area contributed by atoms with Crippen LogP contribution in [0.15, 0.2) is 28.9 Å². The maximum absolute atomic E-state index is 11.0. The number of hydrazine groups is 1. The first-order valence-corrected chi connectivity index (χ1v) is 6.88. The Kier molecular flexibility index (Phi) is 4.66. The van der Waals surface area contributed by atoms with Crippen LogP contribution in [0.2, 0.25) is 0 Å². The molecule has 2 rings (SSSR count). The second-order valence-corrected chi connectivity index (χ2v) is 5.02. The van der Waals surface area contributed by atoms with Crippen molar-refractivity contribution in [3.05, 3.63) is 44.5 Å². The topological polar surface area (TPSA) is 119 Å². The number of nitrogen functional groups attached to an aromatic ring is 1. The van der Waals surface area contributed by atoms with Gasteiger partial charge < -0.3 is 5.32 Å². The highest BCUT2D eigenvalue weighted by molar-refractivity contribution is 9.10. The Bertz CT molecular complexity index is 679. The zero-order chi connectivity index (χ0) is 15.4. The molecule has 110 valence electrons. The lowest BCUT2D eigenvalue weighted by Crippen LogP contribution is -2.12. The number of rotatable bonds is 5. The quantitative estimate of drug-likeness (QED) is 0.429. The van der Waals surface area contributed by atoms with E-state index >= 15 is 0 Å². The van der Waals surface area contributed by atoms with Crippen LogP contribution in [0.1, 0.15) is 12.5 Å². The van der Waals surface area contributed by atoms with E-state index in [4.69, 9.17) is 5.84 Å². The lowest BCUT2D eigenvalue weighted by Gasteiger charge is -2.11. The molecule has 2 aromatic rings. The first-order valence-electron chi connectivity index (χ1n) is 6.08. The number of nitro groups is 1. The molecular weight excluding hydrogens is 340 g/mol.